The molecule has 4 rings (SSSR count). The van der Waals surface area contributed by atoms with Crippen LogP contribution in [0.5, 0.6) is 0 Å². The third kappa shape index (κ3) is 3.02. The number of aliphatic imine (C=N–C) groups is 1. The molecule has 23 heavy (non-hydrogen) atoms. The third-order valence-corrected chi connectivity index (χ3v) is 4.62. The quantitative estimate of drug-likeness (QED) is 0.898. The lowest BCUT2D eigenvalue weighted by Crippen LogP contribution is -2.26. The molecule has 0 aromatic heterocycles. The van der Waals surface area contributed by atoms with Crippen LogP contribution in [-0.4, -0.2) is 17.7 Å². The average molecular weight is 325 g/mol. The van der Waals surface area contributed by atoms with Crippen molar-refractivity contribution < 1.29 is 4.79 Å². The molecule has 0 spiro atoms. The van der Waals surface area contributed by atoms with Gasteiger partial charge in [0.1, 0.15) is 6.04 Å². The minimum Gasteiger partial charge on any atom is -0.324 e. The van der Waals surface area contributed by atoms with Crippen molar-refractivity contribution in [3.05, 3.63) is 64.7 Å². The molecule has 1 N–H and O–H groups in total. The normalized spacial score (nSPS) is 20.3. The van der Waals surface area contributed by atoms with Crippen molar-refractivity contribution >= 4 is 28.9 Å². The van der Waals surface area contributed by atoms with Crippen LogP contribution in [0.4, 0.5) is 5.69 Å². The summed E-state index contributed by atoms with van der Waals surface area (Å²) in [5, 5.41) is 3.66. The highest BCUT2D eigenvalue weighted by Crippen LogP contribution is 2.36. The predicted molar refractivity (Wildman–Crippen MR) is 93.3 cm³/mol. The molecule has 1 unspecified atom stereocenters. The molecule has 1 heterocycles. The van der Waals surface area contributed by atoms with Gasteiger partial charge < -0.3 is 5.32 Å². The van der Waals surface area contributed by atoms with Gasteiger partial charge in [-0.15, -0.1) is 0 Å². The minimum atomic E-state index is -0.330. The first-order valence-corrected chi connectivity index (χ1v) is 8.32. The van der Waals surface area contributed by atoms with Gasteiger partial charge in [-0.05, 0) is 30.5 Å². The van der Waals surface area contributed by atoms with Crippen molar-refractivity contribution in [2.75, 3.05) is 5.32 Å². The van der Waals surface area contributed by atoms with Crippen molar-refractivity contribution in [2.24, 2.45) is 10.9 Å². The second kappa shape index (κ2) is 5.82. The van der Waals surface area contributed by atoms with Crippen molar-refractivity contribution in [1.29, 1.82) is 0 Å². The molecule has 2 aliphatic rings. The SMILES string of the molecule is O=C1Nc2ccc(Cl)cc2C(c2ccccc2)=NC1CC1CC1. The van der Waals surface area contributed by atoms with Crippen LogP contribution in [-0.2, 0) is 4.79 Å². The van der Waals surface area contributed by atoms with Crippen LogP contribution in [0.25, 0.3) is 0 Å². The Kier molecular flexibility index (Phi) is 3.66. The molecule has 0 saturated heterocycles. The van der Waals surface area contributed by atoms with E-state index < -0.39 is 0 Å². The molecule has 116 valence electrons. The van der Waals surface area contributed by atoms with Crippen molar-refractivity contribution in [2.45, 2.75) is 25.3 Å². The number of benzene rings is 2. The number of nitrogens with zero attached hydrogens (tertiary/aromatic N) is 1. The summed E-state index contributed by atoms with van der Waals surface area (Å²) < 4.78 is 0. The Balaban J connectivity index is 1.85. The summed E-state index contributed by atoms with van der Waals surface area (Å²) in [6.45, 7) is 0. The molecule has 1 aliphatic carbocycles. The van der Waals surface area contributed by atoms with Crippen molar-refractivity contribution in [3.8, 4) is 0 Å². The summed E-state index contributed by atoms with van der Waals surface area (Å²) in [6.07, 6.45) is 3.24. The summed E-state index contributed by atoms with van der Waals surface area (Å²) in [5.41, 5.74) is 3.51. The molecule has 0 bridgehead atoms. The van der Waals surface area contributed by atoms with Gasteiger partial charge in [-0.25, -0.2) is 0 Å². The predicted octanol–water partition coefficient (Wildman–Crippen LogP) is 4.30. The van der Waals surface area contributed by atoms with Gasteiger partial charge in [-0.1, -0.05) is 54.8 Å². The number of carbonyl (C=O) groups excluding carboxylic acids is 1. The first-order chi connectivity index (χ1) is 11.2. The lowest BCUT2D eigenvalue weighted by molar-refractivity contribution is -0.117. The maximum Gasteiger partial charge on any atom is 0.249 e. The lowest BCUT2D eigenvalue weighted by atomic mass is 10.0. The first-order valence-electron chi connectivity index (χ1n) is 7.95. The first kappa shape index (κ1) is 14.5. The monoisotopic (exact) mass is 324 g/mol. The zero-order valence-corrected chi connectivity index (χ0v) is 13.4. The molecule has 1 amide bonds. The number of anilines is 1. The van der Waals surface area contributed by atoms with Crippen LogP contribution in [0.3, 0.4) is 0 Å². The highest BCUT2D eigenvalue weighted by Gasteiger charge is 2.32. The summed E-state index contributed by atoms with van der Waals surface area (Å²) in [7, 11) is 0. The molecule has 4 heteroatoms. The van der Waals surface area contributed by atoms with E-state index in [1.807, 2.05) is 42.5 Å². The zero-order valence-electron chi connectivity index (χ0n) is 12.6. The molecule has 0 radical (unpaired) electrons. The van der Waals surface area contributed by atoms with Gasteiger partial charge in [0.15, 0.2) is 0 Å². The summed E-state index contributed by atoms with van der Waals surface area (Å²) in [4.78, 5) is 17.4. The summed E-state index contributed by atoms with van der Waals surface area (Å²) in [5.74, 6) is 0.614. The van der Waals surface area contributed by atoms with Crippen LogP contribution in [0.15, 0.2) is 53.5 Å². The maximum atomic E-state index is 12.6. The van der Waals surface area contributed by atoms with E-state index in [0.717, 1.165) is 28.9 Å². The number of rotatable bonds is 3. The van der Waals surface area contributed by atoms with E-state index in [9.17, 15) is 4.79 Å². The maximum absolute atomic E-state index is 12.6. The number of nitrogens with one attached hydrogen (secondary N) is 1. The Bertz CT molecular complexity index is 781. The van der Waals surface area contributed by atoms with Crippen LogP contribution in [0.2, 0.25) is 5.02 Å². The van der Waals surface area contributed by atoms with Gasteiger partial charge in [-0.2, -0.15) is 0 Å². The van der Waals surface area contributed by atoms with Crippen LogP contribution < -0.4 is 5.32 Å². The standard InChI is InChI=1S/C19H17ClN2O/c20-14-8-9-16-15(11-14)18(13-4-2-1-3-5-13)21-17(19(23)22-16)10-12-6-7-12/h1-5,8-9,11-12,17H,6-7,10H2,(H,22,23). The van der Waals surface area contributed by atoms with Gasteiger partial charge in [0.25, 0.3) is 0 Å². The fraction of sp³-hybridized carbons (Fsp3) is 0.263. The van der Waals surface area contributed by atoms with Gasteiger partial charge in [-0.3, -0.25) is 9.79 Å². The van der Waals surface area contributed by atoms with E-state index in [2.05, 4.69) is 5.32 Å². The van der Waals surface area contributed by atoms with Crippen LogP contribution >= 0.6 is 11.6 Å². The molecule has 2 aromatic rings. The van der Waals surface area contributed by atoms with Gasteiger partial charge in [0, 0.05) is 16.1 Å². The second-order valence-corrected chi connectivity index (χ2v) is 6.65. The number of halogens is 1. The third-order valence-electron chi connectivity index (χ3n) is 4.38. The van der Waals surface area contributed by atoms with E-state index in [4.69, 9.17) is 16.6 Å². The molecule has 1 aliphatic heterocycles. The Morgan fingerprint density at radius 3 is 2.65 bits per heavy atom. The van der Waals surface area contributed by atoms with Crippen LogP contribution in [0.1, 0.15) is 30.4 Å². The average Bonchev–Trinajstić information content (AvgIpc) is 3.38. The number of fused-ring (bicyclic) bond motifs is 1. The van der Waals surface area contributed by atoms with Crippen LogP contribution in [0, 0.1) is 5.92 Å². The molecule has 3 nitrogen and oxygen atoms in total. The van der Waals surface area contributed by atoms with E-state index in [1.54, 1.807) is 6.07 Å². The molecule has 2 aromatic carbocycles. The molecule has 1 atom stereocenters. The molecular weight excluding hydrogens is 308 g/mol. The van der Waals surface area contributed by atoms with E-state index >= 15 is 0 Å². The Labute approximate surface area is 140 Å². The number of hydrogen-bond donors (Lipinski definition) is 1. The topological polar surface area (TPSA) is 41.5 Å². The Morgan fingerprint density at radius 1 is 1.13 bits per heavy atom. The van der Waals surface area contributed by atoms with Gasteiger partial charge in [0.05, 0.1) is 11.4 Å². The number of carbonyl (C=O) groups is 1. The fourth-order valence-corrected chi connectivity index (χ4v) is 3.15. The van der Waals surface area contributed by atoms with E-state index in [0.29, 0.717) is 10.9 Å². The highest BCUT2D eigenvalue weighted by molar-refractivity contribution is 6.32. The Hall–Kier alpha value is -2.13. The number of benzodiazepines with no additional fused rings is 1. The Morgan fingerprint density at radius 2 is 1.91 bits per heavy atom. The molecule has 1 fully saturated rings. The van der Waals surface area contributed by atoms with Gasteiger partial charge in [0.2, 0.25) is 5.91 Å². The van der Waals surface area contributed by atoms with E-state index in [1.165, 1.54) is 12.8 Å². The minimum absolute atomic E-state index is 0.0218. The molecule has 1 saturated carbocycles. The smallest absolute Gasteiger partial charge is 0.249 e. The van der Waals surface area contributed by atoms with Crippen molar-refractivity contribution in [1.82, 2.24) is 0 Å². The van der Waals surface area contributed by atoms with Crippen molar-refractivity contribution in [3.63, 3.8) is 0 Å². The number of amides is 1. The largest absolute Gasteiger partial charge is 0.324 e. The summed E-state index contributed by atoms with van der Waals surface area (Å²) >= 11 is 6.18. The summed E-state index contributed by atoms with van der Waals surface area (Å²) in [6, 6.07) is 15.2. The van der Waals surface area contributed by atoms with E-state index in [-0.39, 0.29) is 11.9 Å². The second-order valence-electron chi connectivity index (χ2n) is 6.22. The fourth-order valence-electron chi connectivity index (χ4n) is 2.98. The highest BCUT2D eigenvalue weighted by atomic mass is 35.5. The van der Waals surface area contributed by atoms with Gasteiger partial charge >= 0.3 is 0 Å². The zero-order chi connectivity index (χ0) is 15.8. The molecular formula is C19H17ClN2O. The lowest BCUT2D eigenvalue weighted by Gasteiger charge is -2.10. The number of hydrogen-bond acceptors (Lipinski definition) is 2.